The topological polar surface area (TPSA) is 63.1 Å². The molecule has 29 heavy (non-hydrogen) atoms. The SMILES string of the molecule is COc1ccc(C[NH+]2CCN(C(=O)/C(=C/c3ccccc3)NC(C)=O)CC2)cc1. The third kappa shape index (κ3) is 5.93. The minimum absolute atomic E-state index is 0.132. The van der Waals surface area contributed by atoms with E-state index in [1.165, 1.54) is 17.4 Å². The Balaban J connectivity index is 1.61. The number of nitrogens with zero attached hydrogens (tertiary/aromatic N) is 1. The summed E-state index contributed by atoms with van der Waals surface area (Å²) < 4.78 is 5.21. The van der Waals surface area contributed by atoms with Gasteiger partial charge in [-0.15, -0.1) is 0 Å². The maximum Gasteiger partial charge on any atom is 0.270 e. The molecule has 1 aliphatic heterocycles. The van der Waals surface area contributed by atoms with Crippen LogP contribution in [0.25, 0.3) is 6.08 Å². The van der Waals surface area contributed by atoms with Crippen molar-refractivity contribution in [3.63, 3.8) is 0 Å². The van der Waals surface area contributed by atoms with E-state index < -0.39 is 0 Å². The molecule has 0 atom stereocenters. The summed E-state index contributed by atoms with van der Waals surface area (Å²) in [4.78, 5) is 27.8. The van der Waals surface area contributed by atoms with Gasteiger partial charge in [0, 0.05) is 12.5 Å². The summed E-state index contributed by atoms with van der Waals surface area (Å²) in [5.74, 6) is 0.478. The summed E-state index contributed by atoms with van der Waals surface area (Å²) in [5, 5.41) is 2.70. The molecule has 0 bridgehead atoms. The number of amides is 2. The lowest BCUT2D eigenvalue weighted by Crippen LogP contribution is -3.13. The van der Waals surface area contributed by atoms with Gasteiger partial charge in [-0.1, -0.05) is 30.3 Å². The van der Waals surface area contributed by atoms with E-state index in [0.717, 1.165) is 30.9 Å². The summed E-state index contributed by atoms with van der Waals surface area (Å²) in [7, 11) is 1.66. The molecule has 0 aliphatic carbocycles. The quantitative estimate of drug-likeness (QED) is 0.722. The standard InChI is InChI=1S/C23H27N3O3/c1-18(27)24-22(16-19-6-4-3-5-7-19)23(28)26-14-12-25(13-15-26)17-20-8-10-21(29-2)11-9-20/h3-11,16H,12-15,17H2,1-2H3,(H,24,27)/p+1/b22-16-. The van der Waals surface area contributed by atoms with Gasteiger partial charge in [0.05, 0.1) is 33.3 Å². The number of carbonyl (C=O) groups excluding carboxylic acids is 2. The van der Waals surface area contributed by atoms with Gasteiger partial charge in [0.2, 0.25) is 5.91 Å². The van der Waals surface area contributed by atoms with Crippen molar-refractivity contribution >= 4 is 17.9 Å². The first kappa shape index (κ1) is 20.6. The highest BCUT2D eigenvalue weighted by Crippen LogP contribution is 2.11. The molecule has 2 N–H and O–H groups in total. The number of hydrogen-bond acceptors (Lipinski definition) is 3. The van der Waals surface area contributed by atoms with Gasteiger partial charge in [0.1, 0.15) is 18.0 Å². The average molecular weight is 394 g/mol. The number of nitrogens with one attached hydrogen (secondary N) is 2. The fraction of sp³-hybridized carbons (Fsp3) is 0.304. The van der Waals surface area contributed by atoms with Crippen LogP contribution in [0.4, 0.5) is 0 Å². The number of ether oxygens (including phenoxy) is 1. The third-order valence-electron chi connectivity index (χ3n) is 5.02. The van der Waals surface area contributed by atoms with E-state index in [2.05, 4.69) is 17.4 Å². The summed E-state index contributed by atoms with van der Waals surface area (Å²) >= 11 is 0. The van der Waals surface area contributed by atoms with Gasteiger partial charge in [0.15, 0.2) is 0 Å². The Hall–Kier alpha value is -3.12. The highest BCUT2D eigenvalue weighted by Gasteiger charge is 2.26. The van der Waals surface area contributed by atoms with Gasteiger partial charge >= 0.3 is 0 Å². The predicted octanol–water partition coefficient (Wildman–Crippen LogP) is 1.10. The molecule has 1 aliphatic rings. The van der Waals surface area contributed by atoms with Gasteiger partial charge in [-0.2, -0.15) is 0 Å². The zero-order valence-electron chi connectivity index (χ0n) is 17.0. The van der Waals surface area contributed by atoms with Crippen molar-refractivity contribution in [3.05, 3.63) is 71.4 Å². The molecule has 0 saturated carbocycles. The number of hydrogen-bond donors (Lipinski definition) is 2. The van der Waals surface area contributed by atoms with Crippen molar-refractivity contribution in [1.29, 1.82) is 0 Å². The molecule has 1 saturated heterocycles. The predicted molar refractivity (Wildman–Crippen MR) is 112 cm³/mol. The zero-order chi connectivity index (χ0) is 20.6. The van der Waals surface area contributed by atoms with Crippen LogP contribution in [-0.4, -0.2) is 50.0 Å². The van der Waals surface area contributed by atoms with Crippen LogP contribution in [-0.2, 0) is 16.1 Å². The molecule has 152 valence electrons. The van der Waals surface area contributed by atoms with Gasteiger partial charge in [-0.3, -0.25) is 9.59 Å². The van der Waals surface area contributed by atoms with E-state index in [0.29, 0.717) is 18.8 Å². The van der Waals surface area contributed by atoms with Crippen LogP contribution in [0.15, 0.2) is 60.3 Å². The van der Waals surface area contributed by atoms with Gasteiger partial charge in [-0.25, -0.2) is 0 Å². The van der Waals surface area contributed by atoms with Crippen LogP contribution >= 0.6 is 0 Å². The molecule has 2 aromatic rings. The second-order valence-electron chi connectivity index (χ2n) is 7.22. The van der Waals surface area contributed by atoms with E-state index in [4.69, 9.17) is 4.74 Å². The fourth-order valence-corrected chi connectivity index (χ4v) is 3.46. The van der Waals surface area contributed by atoms with E-state index >= 15 is 0 Å². The Morgan fingerprint density at radius 1 is 1.07 bits per heavy atom. The smallest absolute Gasteiger partial charge is 0.270 e. The fourth-order valence-electron chi connectivity index (χ4n) is 3.46. The first-order valence-corrected chi connectivity index (χ1v) is 9.85. The van der Waals surface area contributed by atoms with Crippen molar-refractivity contribution in [2.24, 2.45) is 0 Å². The minimum atomic E-state index is -0.246. The molecule has 2 amide bonds. The molecule has 1 fully saturated rings. The molecular weight excluding hydrogens is 366 g/mol. The first-order chi connectivity index (χ1) is 14.0. The maximum absolute atomic E-state index is 13.0. The molecule has 0 aromatic heterocycles. The Bertz CT molecular complexity index is 855. The van der Waals surface area contributed by atoms with Crippen molar-refractivity contribution in [2.45, 2.75) is 13.5 Å². The number of rotatable bonds is 6. The Labute approximate surface area is 171 Å². The van der Waals surface area contributed by atoms with Crippen molar-refractivity contribution < 1.29 is 19.2 Å². The van der Waals surface area contributed by atoms with Crippen LogP contribution in [0.5, 0.6) is 5.75 Å². The lowest BCUT2D eigenvalue weighted by Gasteiger charge is -2.32. The Morgan fingerprint density at radius 3 is 2.31 bits per heavy atom. The van der Waals surface area contributed by atoms with E-state index in [1.54, 1.807) is 13.2 Å². The normalized spacial score (nSPS) is 15.1. The molecule has 2 aromatic carbocycles. The molecular formula is C23H28N3O3+. The van der Waals surface area contributed by atoms with Crippen molar-refractivity contribution in [2.75, 3.05) is 33.3 Å². The minimum Gasteiger partial charge on any atom is -0.497 e. The molecule has 3 rings (SSSR count). The van der Waals surface area contributed by atoms with Gasteiger partial charge < -0.3 is 19.9 Å². The van der Waals surface area contributed by atoms with Crippen LogP contribution in [0.2, 0.25) is 0 Å². The van der Waals surface area contributed by atoms with Crippen molar-refractivity contribution in [1.82, 2.24) is 10.2 Å². The molecule has 0 radical (unpaired) electrons. The highest BCUT2D eigenvalue weighted by molar-refractivity contribution is 6.00. The van der Waals surface area contributed by atoms with Gasteiger partial charge in [-0.05, 0) is 35.9 Å². The third-order valence-corrected chi connectivity index (χ3v) is 5.02. The van der Waals surface area contributed by atoms with Crippen LogP contribution < -0.4 is 15.0 Å². The number of methoxy groups -OCH3 is 1. The maximum atomic E-state index is 13.0. The summed E-state index contributed by atoms with van der Waals surface area (Å²) in [5.41, 5.74) is 2.46. The van der Waals surface area contributed by atoms with Crippen molar-refractivity contribution in [3.8, 4) is 5.75 Å². The average Bonchev–Trinajstić information content (AvgIpc) is 2.74. The number of piperazine rings is 1. The number of benzene rings is 2. The number of carbonyl (C=O) groups is 2. The summed E-state index contributed by atoms with van der Waals surface area (Å²) in [6, 6.07) is 17.7. The number of quaternary nitrogens is 1. The molecule has 6 nitrogen and oxygen atoms in total. The Morgan fingerprint density at radius 2 is 1.72 bits per heavy atom. The van der Waals surface area contributed by atoms with E-state index in [-0.39, 0.29) is 11.8 Å². The lowest BCUT2D eigenvalue weighted by molar-refractivity contribution is -0.917. The second-order valence-corrected chi connectivity index (χ2v) is 7.22. The summed E-state index contributed by atoms with van der Waals surface area (Å²) in [6.07, 6.45) is 1.74. The summed E-state index contributed by atoms with van der Waals surface area (Å²) in [6.45, 7) is 5.41. The van der Waals surface area contributed by atoms with Crippen LogP contribution in [0, 0.1) is 0 Å². The monoisotopic (exact) mass is 394 g/mol. The Kier molecular flexibility index (Phi) is 7.03. The van der Waals surface area contributed by atoms with Gasteiger partial charge in [0.25, 0.3) is 5.91 Å². The van der Waals surface area contributed by atoms with E-state index in [9.17, 15) is 9.59 Å². The van der Waals surface area contributed by atoms with E-state index in [1.807, 2.05) is 47.4 Å². The van der Waals surface area contributed by atoms with Crippen LogP contribution in [0.3, 0.4) is 0 Å². The van der Waals surface area contributed by atoms with Crippen LogP contribution in [0.1, 0.15) is 18.1 Å². The largest absolute Gasteiger partial charge is 0.497 e. The highest BCUT2D eigenvalue weighted by atomic mass is 16.5. The second kappa shape index (κ2) is 9.89. The molecule has 0 spiro atoms. The first-order valence-electron chi connectivity index (χ1n) is 9.85. The lowest BCUT2D eigenvalue weighted by atomic mass is 10.1. The molecule has 0 unspecified atom stereocenters. The zero-order valence-corrected chi connectivity index (χ0v) is 17.0. The molecule has 1 heterocycles. The molecule has 6 heteroatoms.